The summed E-state index contributed by atoms with van der Waals surface area (Å²) < 4.78 is 10.3. The summed E-state index contributed by atoms with van der Waals surface area (Å²) in [6, 6.07) is 7.50. The second-order valence-electron chi connectivity index (χ2n) is 3.89. The van der Waals surface area contributed by atoms with Gasteiger partial charge in [0.15, 0.2) is 6.10 Å². The predicted octanol–water partition coefficient (Wildman–Crippen LogP) is 1.49. The highest BCUT2D eigenvalue weighted by molar-refractivity contribution is 5.95. The Kier molecular flexibility index (Phi) is 2.60. The van der Waals surface area contributed by atoms with E-state index in [1.54, 1.807) is 0 Å². The number of ether oxygens (including phenoxy) is 1. The van der Waals surface area contributed by atoms with E-state index in [0.717, 1.165) is 5.69 Å². The summed E-state index contributed by atoms with van der Waals surface area (Å²) in [6.07, 6.45) is 2.22. The summed E-state index contributed by atoms with van der Waals surface area (Å²) >= 11 is 0. The van der Waals surface area contributed by atoms with Crippen molar-refractivity contribution >= 4 is 17.3 Å². The zero-order chi connectivity index (χ0) is 12.4. The van der Waals surface area contributed by atoms with E-state index in [1.807, 2.05) is 24.3 Å². The molecule has 1 aliphatic rings. The minimum Gasteiger partial charge on any atom is -0.477 e. The number of para-hydroxylation sites is 2. The quantitative estimate of drug-likeness (QED) is 0.838. The smallest absolute Gasteiger partial charge is 0.267 e. The third-order valence-electron chi connectivity index (χ3n) is 2.63. The molecule has 3 rings (SSSR count). The molecule has 0 radical (unpaired) electrons. The van der Waals surface area contributed by atoms with Crippen LogP contribution in [-0.2, 0) is 4.79 Å². The molecular formula is C12H11N3O3. The SMILES string of the molecule is O=C(Nc1cnoc1)C1CNc2ccccc2O1. The predicted molar refractivity (Wildman–Crippen MR) is 64.5 cm³/mol. The molecule has 0 saturated heterocycles. The molecule has 0 bridgehead atoms. The molecule has 6 nitrogen and oxygen atoms in total. The molecule has 0 aliphatic carbocycles. The van der Waals surface area contributed by atoms with Gasteiger partial charge < -0.3 is 19.9 Å². The molecule has 92 valence electrons. The number of rotatable bonds is 2. The number of hydrogen-bond donors (Lipinski definition) is 2. The minimum absolute atomic E-state index is 0.236. The second-order valence-corrected chi connectivity index (χ2v) is 3.89. The number of carbonyl (C=O) groups excluding carboxylic acids is 1. The maximum absolute atomic E-state index is 11.9. The number of nitrogens with one attached hydrogen (secondary N) is 2. The van der Waals surface area contributed by atoms with E-state index in [-0.39, 0.29) is 5.91 Å². The van der Waals surface area contributed by atoms with Crippen LogP contribution < -0.4 is 15.4 Å². The Labute approximate surface area is 103 Å². The van der Waals surface area contributed by atoms with Crippen molar-refractivity contribution in [1.29, 1.82) is 0 Å². The van der Waals surface area contributed by atoms with Crippen molar-refractivity contribution in [3.8, 4) is 5.75 Å². The van der Waals surface area contributed by atoms with Crippen LogP contribution in [0.3, 0.4) is 0 Å². The van der Waals surface area contributed by atoms with Gasteiger partial charge in [0.25, 0.3) is 5.91 Å². The number of hydrogen-bond acceptors (Lipinski definition) is 5. The number of benzene rings is 1. The molecular weight excluding hydrogens is 234 g/mol. The highest BCUT2D eigenvalue weighted by Gasteiger charge is 2.25. The lowest BCUT2D eigenvalue weighted by Gasteiger charge is -2.26. The number of anilines is 2. The fourth-order valence-electron chi connectivity index (χ4n) is 1.75. The van der Waals surface area contributed by atoms with Crippen LogP contribution in [0.5, 0.6) is 5.75 Å². The molecule has 2 aromatic rings. The number of fused-ring (bicyclic) bond motifs is 1. The first-order valence-electron chi connectivity index (χ1n) is 5.53. The van der Waals surface area contributed by atoms with Gasteiger partial charge in [0.1, 0.15) is 17.7 Å². The molecule has 1 aromatic heterocycles. The van der Waals surface area contributed by atoms with Crippen LogP contribution >= 0.6 is 0 Å². The van der Waals surface area contributed by atoms with Crippen LogP contribution in [0.25, 0.3) is 0 Å². The molecule has 0 spiro atoms. The van der Waals surface area contributed by atoms with Crippen LogP contribution in [0.1, 0.15) is 0 Å². The second kappa shape index (κ2) is 4.40. The Balaban J connectivity index is 1.70. The topological polar surface area (TPSA) is 76.4 Å². The van der Waals surface area contributed by atoms with E-state index in [0.29, 0.717) is 18.0 Å². The minimum atomic E-state index is -0.574. The Morgan fingerprint density at radius 1 is 1.44 bits per heavy atom. The van der Waals surface area contributed by atoms with E-state index < -0.39 is 6.10 Å². The van der Waals surface area contributed by atoms with Gasteiger partial charge in [-0.2, -0.15) is 0 Å². The fraction of sp³-hybridized carbons (Fsp3) is 0.167. The largest absolute Gasteiger partial charge is 0.477 e. The van der Waals surface area contributed by atoms with Gasteiger partial charge in [0.05, 0.1) is 18.4 Å². The van der Waals surface area contributed by atoms with Crippen LogP contribution in [-0.4, -0.2) is 23.7 Å². The Hall–Kier alpha value is -2.50. The van der Waals surface area contributed by atoms with Gasteiger partial charge in [-0.15, -0.1) is 0 Å². The van der Waals surface area contributed by atoms with Gasteiger partial charge in [0, 0.05) is 0 Å². The van der Waals surface area contributed by atoms with Crippen molar-refractivity contribution in [1.82, 2.24) is 5.16 Å². The summed E-state index contributed by atoms with van der Waals surface area (Å²) in [5.41, 5.74) is 1.41. The maximum Gasteiger partial charge on any atom is 0.267 e. The summed E-state index contributed by atoms with van der Waals surface area (Å²) in [5, 5.41) is 9.32. The molecule has 1 atom stereocenters. The molecule has 1 aromatic carbocycles. The molecule has 6 heteroatoms. The molecule has 18 heavy (non-hydrogen) atoms. The van der Waals surface area contributed by atoms with E-state index >= 15 is 0 Å². The first kappa shape index (κ1) is 10.6. The fourth-order valence-corrected chi connectivity index (χ4v) is 1.75. The van der Waals surface area contributed by atoms with Crippen molar-refractivity contribution in [2.24, 2.45) is 0 Å². The average Bonchev–Trinajstić information content (AvgIpc) is 2.91. The molecule has 1 amide bonds. The van der Waals surface area contributed by atoms with Crippen molar-refractivity contribution in [3.05, 3.63) is 36.7 Å². The van der Waals surface area contributed by atoms with Gasteiger partial charge in [-0.25, -0.2) is 0 Å². The molecule has 2 N–H and O–H groups in total. The van der Waals surface area contributed by atoms with Gasteiger partial charge in [-0.3, -0.25) is 4.79 Å². The zero-order valence-electron chi connectivity index (χ0n) is 9.42. The molecule has 1 unspecified atom stereocenters. The molecule has 1 aliphatic heterocycles. The third kappa shape index (κ3) is 2.00. The summed E-state index contributed by atoms with van der Waals surface area (Å²) in [4.78, 5) is 11.9. The average molecular weight is 245 g/mol. The van der Waals surface area contributed by atoms with Crippen molar-refractivity contribution < 1.29 is 14.1 Å². The van der Waals surface area contributed by atoms with Crippen LogP contribution in [0.4, 0.5) is 11.4 Å². The van der Waals surface area contributed by atoms with Crippen LogP contribution in [0, 0.1) is 0 Å². The number of aromatic nitrogens is 1. The molecule has 2 heterocycles. The molecule has 0 fully saturated rings. The van der Waals surface area contributed by atoms with Crippen LogP contribution in [0.15, 0.2) is 41.2 Å². The summed E-state index contributed by atoms with van der Waals surface area (Å²) in [6.45, 7) is 0.425. The first-order valence-corrected chi connectivity index (χ1v) is 5.53. The van der Waals surface area contributed by atoms with Crippen molar-refractivity contribution in [2.75, 3.05) is 17.2 Å². The summed E-state index contributed by atoms with van der Waals surface area (Å²) in [7, 11) is 0. The standard InChI is InChI=1S/C12H11N3O3/c16-12(15-8-5-14-17-7-8)11-6-13-9-3-1-2-4-10(9)18-11/h1-5,7,11,13H,6H2,(H,15,16). The highest BCUT2D eigenvalue weighted by atomic mass is 16.5. The highest BCUT2D eigenvalue weighted by Crippen LogP contribution is 2.28. The maximum atomic E-state index is 11.9. The first-order chi connectivity index (χ1) is 8.83. The lowest BCUT2D eigenvalue weighted by Crippen LogP contribution is -2.41. The Bertz CT molecular complexity index is 553. The van der Waals surface area contributed by atoms with E-state index in [1.165, 1.54) is 12.5 Å². The Morgan fingerprint density at radius 3 is 3.17 bits per heavy atom. The van der Waals surface area contributed by atoms with Crippen molar-refractivity contribution in [2.45, 2.75) is 6.10 Å². The third-order valence-corrected chi connectivity index (χ3v) is 2.63. The Morgan fingerprint density at radius 2 is 2.33 bits per heavy atom. The zero-order valence-corrected chi connectivity index (χ0v) is 9.42. The summed E-state index contributed by atoms with van der Waals surface area (Å²) in [5.74, 6) is 0.439. The van der Waals surface area contributed by atoms with E-state index in [9.17, 15) is 4.79 Å². The number of carbonyl (C=O) groups is 1. The van der Waals surface area contributed by atoms with Crippen molar-refractivity contribution in [3.63, 3.8) is 0 Å². The van der Waals surface area contributed by atoms with E-state index in [2.05, 4.69) is 20.3 Å². The van der Waals surface area contributed by atoms with Gasteiger partial charge in [0.2, 0.25) is 0 Å². The van der Waals surface area contributed by atoms with Gasteiger partial charge in [-0.05, 0) is 12.1 Å². The van der Waals surface area contributed by atoms with Gasteiger partial charge >= 0.3 is 0 Å². The van der Waals surface area contributed by atoms with E-state index in [4.69, 9.17) is 4.74 Å². The normalized spacial score (nSPS) is 17.2. The number of nitrogens with zero attached hydrogens (tertiary/aromatic N) is 1. The molecule has 0 saturated carbocycles. The monoisotopic (exact) mass is 245 g/mol. The lowest BCUT2D eigenvalue weighted by molar-refractivity contribution is -0.122. The number of amides is 1. The van der Waals surface area contributed by atoms with Gasteiger partial charge in [-0.1, -0.05) is 17.3 Å². The van der Waals surface area contributed by atoms with Crippen LogP contribution in [0.2, 0.25) is 0 Å². The lowest BCUT2D eigenvalue weighted by atomic mass is 10.2.